The second kappa shape index (κ2) is 9.58. The number of ether oxygens (including phenoxy) is 2. The van der Waals surface area contributed by atoms with Gasteiger partial charge in [-0.2, -0.15) is 0 Å². The Kier molecular flexibility index (Phi) is 7.06. The molecule has 3 rings (SSSR count). The SMILES string of the molecule is CCOC(=O)C1CCCN(C(=O)CN2C(=O)NC(CC)(c3ccc(OC)c(C)c3)C2=O)C1. The minimum atomic E-state index is -1.23. The van der Waals surface area contributed by atoms with E-state index >= 15 is 0 Å². The summed E-state index contributed by atoms with van der Waals surface area (Å²) in [5, 5.41) is 2.80. The number of hydrogen-bond acceptors (Lipinski definition) is 6. The van der Waals surface area contributed by atoms with Crippen LogP contribution >= 0.6 is 0 Å². The molecule has 2 aliphatic heterocycles. The molecular formula is C23H31N3O6. The molecule has 32 heavy (non-hydrogen) atoms. The van der Waals surface area contributed by atoms with Gasteiger partial charge in [-0.3, -0.25) is 19.3 Å². The smallest absolute Gasteiger partial charge is 0.325 e. The lowest BCUT2D eigenvalue weighted by atomic mass is 9.86. The first kappa shape index (κ1) is 23.6. The van der Waals surface area contributed by atoms with Crippen molar-refractivity contribution in [3.8, 4) is 5.75 Å². The standard InChI is InChI=1S/C23H31N3O6/c1-5-23(17-9-10-18(31-4)15(3)12-17)21(29)26(22(30)24-23)14-19(27)25-11-7-8-16(13-25)20(28)32-6-2/h9-10,12,16H,5-8,11,13-14H2,1-4H3,(H,24,30). The van der Waals surface area contributed by atoms with Gasteiger partial charge >= 0.3 is 12.0 Å². The Labute approximate surface area is 188 Å². The minimum absolute atomic E-state index is 0.234. The number of amides is 4. The number of carbonyl (C=O) groups is 4. The van der Waals surface area contributed by atoms with Crippen molar-refractivity contribution in [2.75, 3.05) is 33.4 Å². The molecule has 2 heterocycles. The lowest BCUT2D eigenvalue weighted by Crippen LogP contribution is -2.48. The zero-order valence-electron chi connectivity index (χ0n) is 19.1. The van der Waals surface area contributed by atoms with Crippen LogP contribution in [0.2, 0.25) is 0 Å². The molecule has 9 nitrogen and oxygen atoms in total. The van der Waals surface area contributed by atoms with E-state index in [-0.39, 0.29) is 37.5 Å². The number of hydrogen-bond donors (Lipinski definition) is 1. The summed E-state index contributed by atoms with van der Waals surface area (Å²) in [4.78, 5) is 53.6. The van der Waals surface area contributed by atoms with Gasteiger partial charge in [0.2, 0.25) is 5.91 Å². The molecule has 4 amide bonds. The highest BCUT2D eigenvalue weighted by Gasteiger charge is 2.52. The largest absolute Gasteiger partial charge is 0.496 e. The number of rotatable bonds is 7. The highest BCUT2D eigenvalue weighted by Crippen LogP contribution is 2.34. The number of urea groups is 1. The maximum atomic E-state index is 13.4. The monoisotopic (exact) mass is 445 g/mol. The van der Waals surface area contributed by atoms with Gasteiger partial charge in [0.1, 0.15) is 17.8 Å². The van der Waals surface area contributed by atoms with Crippen molar-refractivity contribution in [1.82, 2.24) is 15.1 Å². The Morgan fingerprint density at radius 3 is 2.62 bits per heavy atom. The molecule has 0 aliphatic carbocycles. The van der Waals surface area contributed by atoms with E-state index in [1.54, 1.807) is 26.2 Å². The summed E-state index contributed by atoms with van der Waals surface area (Å²) in [6.07, 6.45) is 1.66. The second-order valence-corrected chi connectivity index (χ2v) is 8.20. The molecule has 0 aromatic heterocycles. The Morgan fingerprint density at radius 2 is 2.00 bits per heavy atom. The number of carbonyl (C=O) groups excluding carboxylic acids is 4. The number of piperidine rings is 1. The fourth-order valence-electron chi connectivity index (χ4n) is 4.44. The Hall–Kier alpha value is -3.10. The van der Waals surface area contributed by atoms with E-state index in [4.69, 9.17) is 9.47 Å². The number of esters is 1. The van der Waals surface area contributed by atoms with Crippen LogP contribution < -0.4 is 10.1 Å². The van der Waals surface area contributed by atoms with Crippen LogP contribution in [0, 0.1) is 12.8 Å². The van der Waals surface area contributed by atoms with Gasteiger partial charge in [0, 0.05) is 13.1 Å². The van der Waals surface area contributed by atoms with Crippen molar-refractivity contribution in [1.29, 1.82) is 0 Å². The number of imide groups is 1. The molecule has 174 valence electrons. The molecule has 0 saturated carbocycles. The average Bonchev–Trinajstić information content (AvgIpc) is 3.04. The fraction of sp³-hybridized carbons (Fsp3) is 0.565. The number of likely N-dealkylation sites (tertiary alicyclic amines) is 1. The van der Waals surface area contributed by atoms with Crippen LogP contribution in [0.1, 0.15) is 44.2 Å². The van der Waals surface area contributed by atoms with Crippen LogP contribution in [0.5, 0.6) is 5.75 Å². The predicted molar refractivity (Wildman–Crippen MR) is 116 cm³/mol. The summed E-state index contributed by atoms with van der Waals surface area (Å²) < 4.78 is 10.4. The molecule has 9 heteroatoms. The zero-order chi connectivity index (χ0) is 23.5. The topological polar surface area (TPSA) is 105 Å². The van der Waals surface area contributed by atoms with Gasteiger partial charge in [-0.1, -0.05) is 13.0 Å². The van der Waals surface area contributed by atoms with E-state index in [9.17, 15) is 19.2 Å². The van der Waals surface area contributed by atoms with Crippen LogP contribution in [-0.2, 0) is 24.7 Å². The third-order valence-electron chi connectivity index (χ3n) is 6.28. The summed E-state index contributed by atoms with van der Waals surface area (Å²) >= 11 is 0. The fourth-order valence-corrected chi connectivity index (χ4v) is 4.44. The lowest BCUT2D eigenvalue weighted by Gasteiger charge is -2.32. The molecule has 2 atom stereocenters. The molecule has 1 aromatic rings. The lowest BCUT2D eigenvalue weighted by molar-refractivity contribution is -0.152. The normalized spacial score (nSPS) is 23.2. The van der Waals surface area contributed by atoms with Crippen LogP contribution in [0.25, 0.3) is 0 Å². The summed E-state index contributed by atoms with van der Waals surface area (Å²) in [6, 6.07) is 4.74. The van der Waals surface area contributed by atoms with Crippen molar-refractivity contribution in [2.24, 2.45) is 5.92 Å². The highest BCUT2D eigenvalue weighted by molar-refractivity contribution is 6.09. The van der Waals surface area contributed by atoms with Crippen LogP contribution in [0.4, 0.5) is 4.79 Å². The van der Waals surface area contributed by atoms with Gasteiger partial charge in [0.05, 0.1) is 19.6 Å². The third kappa shape index (κ3) is 4.28. The molecular weight excluding hydrogens is 414 g/mol. The van der Waals surface area contributed by atoms with Gasteiger partial charge in [-0.25, -0.2) is 4.79 Å². The van der Waals surface area contributed by atoms with Gasteiger partial charge in [0.15, 0.2) is 0 Å². The molecule has 2 saturated heterocycles. The third-order valence-corrected chi connectivity index (χ3v) is 6.28. The first-order chi connectivity index (χ1) is 15.3. The number of aryl methyl sites for hydroxylation is 1. The van der Waals surface area contributed by atoms with Gasteiger partial charge in [-0.15, -0.1) is 0 Å². The average molecular weight is 446 g/mol. The molecule has 1 N–H and O–H groups in total. The van der Waals surface area contributed by atoms with E-state index in [0.717, 1.165) is 10.5 Å². The number of methoxy groups -OCH3 is 1. The molecule has 1 aromatic carbocycles. The minimum Gasteiger partial charge on any atom is -0.496 e. The zero-order valence-corrected chi connectivity index (χ0v) is 19.1. The van der Waals surface area contributed by atoms with E-state index in [2.05, 4.69) is 5.32 Å². The number of nitrogens with one attached hydrogen (secondary N) is 1. The second-order valence-electron chi connectivity index (χ2n) is 8.20. The molecule has 2 unspecified atom stereocenters. The molecule has 2 aliphatic rings. The van der Waals surface area contributed by atoms with Gasteiger partial charge < -0.3 is 19.7 Å². The molecule has 0 spiro atoms. The van der Waals surface area contributed by atoms with E-state index < -0.39 is 17.5 Å². The van der Waals surface area contributed by atoms with E-state index in [0.29, 0.717) is 37.1 Å². The number of nitrogens with zero attached hydrogens (tertiary/aromatic N) is 2. The van der Waals surface area contributed by atoms with Crippen LogP contribution in [0.3, 0.4) is 0 Å². The Bertz CT molecular complexity index is 917. The summed E-state index contributed by atoms with van der Waals surface area (Å²) in [5.41, 5.74) is 0.253. The van der Waals surface area contributed by atoms with E-state index in [1.165, 1.54) is 4.90 Å². The maximum Gasteiger partial charge on any atom is 0.325 e. The maximum absolute atomic E-state index is 13.4. The molecule has 0 radical (unpaired) electrons. The van der Waals surface area contributed by atoms with E-state index in [1.807, 2.05) is 19.9 Å². The predicted octanol–water partition coefficient (Wildman–Crippen LogP) is 1.96. The Morgan fingerprint density at radius 1 is 1.25 bits per heavy atom. The summed E-state index contributed by atoms with van der Waals surface area (Å²) in [5.74, 6) is -0.833. The quantitative estimate of drug-likeness (QED) is 0.508. The van der Waals surface area contributed by atoms with Crippen molar-refractivity contribution < 1.29 is 28.7 Å². The highest BCUT2D eigenvalue weighted by atomic mass is 16.5. The molecule has 2 fully saturated rings. The summed E-state index contributed by atoms with van der Waals surface area (Å²) in [6.45, 7) is 6.06. The van der Waals surface area contributed by atoms with Gasteiger partial charge in [0.25, 0.3) is 5.91 Å². The van der Waals surface area contributed by atoms with Crippen molar-refractivity contribution >= 4 is 23.8 Å². The van der Waals surface area contributed by atoms with Crippen LogP contribution in [0.15, 0.2) is 18.2 Å². The first-order valence-electron chi connectivity index (χ1n) is 11.0. The van der Waals surface area contributed by atoms with Crippen LogP contribution in [-0.4, -0.2) is 67.0 Å². The van der Waals surface area contributed by atoms with Gasteiger partial charge in [-0.05, 0) is 56.4 Å². The van der Waals surface area contributed by atoms with Crippen molar-refractivity contribution in [2.45, 2.75) is 45.6 Å². The van der Waals surface area contributed by atoms with Crippen molar-refractivity contribution in [3.05, 3.63) is 29.3 Å². The summed E-state index contributed by atoms with van der Waals surface area (Å²) in [7, 11) is 1.57. The Balaban J connectivity index is 1.76. The molecule has 0 bridgehead atoms. The van der Waals surface area contributed by atoms with Crippen molar-refractivity contribution in [3.63, 3.8) is 0 Å². The number of benzene rings is 1. The first-order valence-corrected chi connectivity index (χ1v) is 11.0.